The molecule has 1 aliphatic rings. The Morgan fingerprint density at radius 2 is 2.27 bits per heavy atom. The van der Waals surface area contributed by atoms with Crippen molar-refractivity contribution in [3.8, 4) is 0 Å². The predicted molar refractivity (Wildman–Crippen MR) is 58.5 cm³/mol. The summed E-state index contributed by atoms with van der Waals surface area (Å²) in [6.45, 7) is 1.47. The zero-order valence-electron chi connectivity index (χ0n) is 9.29. The molecule has 0 spiro atoms. The second-order valence-corrected chi connectivity index (χ2v) is 4.12. The van der Waals surface area contributed by atoms with Crippen LogP contribution in [0.25, 0.3) is 0 Å². The molecule has 0 amide bonds. The highest BCUT2D eigenvalue weighted by atomic mass is 16.5. The first-order chi connectivity index (χ1) is 7.40. The largest absolute Gasteiger partial charge is 0.468 e. The van der Waals surface area contributed by atoms with E-state index in [4.69, 9.17) is 9.15 Å². The summed E-state index contributed by atoms with van der Waals surface area (Å²) < 4.78 is 11.2. The average Bonchev–Trinajstić information content (AvgIpc) is 2.85. The maximum atomic E-state index is 5.85. The van der Waals surface area contributed by atoms with Gasteiger partial charge in [-0.15, -0.1) is 0 Å². The number of furan rings is 1. The highest BCUT2D eigenvalue weighted by Crippen LogP contribution is 2.23. The first-order valence-corrected chi connectivity index (χ1v) is 5.71. The zero-order chi connectivity index (χ0) is 10.5. The predicted octanol–water partition coefficient (Wildman–Crippen LogP) is 2.46. The normalized spacial score (nSPS) is 17.4. The molecule has 1 saturated carbocycles. The highest BCUT2D eigenvalue weighted by molar-refractivity contribution is 5.15. The first-order valence-electron chi connectivity index (χ1n) is 5.71. The van der Waals surface area contributed by atoms with Gasteiger partial charge in [-0.3, -0.25) is 0 Å². The van der Waals surface area contributed by atoms with Gasteiger partial charge in [-0.05, 0) is 26.0 Å². The molecule has 0 aromatic carbocycles. The van der Waals surface area contributed by atoms with Crippen LogP contribution in [0.1, 0.15) is 37.0 Å². The molecule has 84 valence electrons. The number of hydrogen-bond donors (Lipinski definition) is 1. The van der Waals surface area contributed by atoms with Crippen molar-refractivity contribution < 1.29 is 9.15 Å². The summed E-state index contributed by atoms with van der Waals surface area (Å²) >= 11 is 0. The standard InChI is InChI=1S/C12H19NO2/c1-13-8-12-10(6-7-14-12)9-15-11-4-2-3-5-11/h6-7,11,13H,2-5,8-9H2,1H3. The number of rotatable bonds is 5. The lowest BCUT2D eigenvalue weighted by atomic mass is 10.2. The summed E-state index contributed by atoms with van der Waals surface area (Å²) in [7, 11) is 1.92. The monoisotopic (exact) mass is 209 g/mol. The molecule has 3 heteroatoms. The van der Waals surface area contributed by atoms with Gasteiger partial charge in [0.15, 0.2) is 0 Å². The Morgan fingerprint density at radius 1 is 1.47 bits per heavy atom. The van der Waals surface area contributed by atoms with Gasteiger partial charge >= 0.3 is 0 Å². The molecule has 0 saturated heterocycles. The summed E-state index contributed by atoms with van der Waals surface area (Å²) in [5.41, 5.74) is 1.18. The number of ether oxygens (including phenoxy) is 1. The smallest absolute Gasteiger partial charge is 0.123 e. The van der Waals surface area contributed by atoms with Crippen molar-refractivity contribution in [1.29, 1.82) is 0 Å². The van der Waals surface area contributed by atoms with E-state index in [1.807, 2.05) is 13.1 Å². The van der Waals surface area contributed by atoms with Crippen LogP contribution in [0.5, 0.6) is 0 Å². The van der Waals surface area contributed by atoms with Gasteiger partial charge in [0.25, 0.3) is 0 Å². The fraction of sp³-hybridized carbons (Fsp3) is 0.667. The fourth-order valence-corrected chi connectivity index (χ4v) is 2.07. The van der Waals surface area contributed by atoms with E-state index in [2.05, 4.69) is 5.32 Å². The van der Waals surface area contributed by atoms with Gasteiger partial charge in [0.05, 0.1) is 25.5 Å². The van der Waals surface area contributed by atoms with Crippen molar-refractivity contribution in [2.45, 2.75) is 44.9 Å². The minimum absolute atomic E-state index is 0.474. The van der Waals surface area contributed by atoms with Gasteiger partial charge in [0.2, 0.25) is 0 Å². The Morgan fingerprint density at radius 3 is 3.00 bits per heavy atom. The van der Waals surface area contributed by atoms with E-state index in [-0.39, 0.29) is 0 Å². The zero-order valence-corrected chi connectivity index (χ0v) is 9.29. The van der Waals surface area contributed by atoms with Crippen LogP contribution in [0.3, 0.4) is 0 Å². The Labute approximate surface area is 90.8 Å². The van der Waals surface area contributed by atoms with E-state index in [9.17, 15) is 0 Å². The molecule has 3 nitrogen and oxygen atoms in total. The number of hydrogen-bond acceptors (Lipinski definition) is 3. The summed E-state index contributed by atoms with van der Waals surface area (Å²) in [5.74, 6) is 0.996. The molecule has 0 bridgehead atoms. The summed E-state index contributed by atoms with van der Waals surface area (Å²) in [5, 5.41) is 3.09. The first kappa shape index (κ1) is 10.7. The van der Waals surface area contributed by atoms with Crippen LogP contribution >= 0.6 is 0 Å². The van der Waals surface area contributed by atoms with Crippen molar-refractivity contribution in [3.05, 3.63) is 23.7 Å². The summed E-state index contributed by atoms with van der Waals surface area (Å²) in [6, 6.07) is 2.00. The van der Waals surface area contributed by atoms with Gasteiger partial charge in [-0.1, -0.05) is 12.8 Å². The minimum Gasteiger partial charge on any atom is -0.468 e. The van der Waals surface area contributed by atoms with Crippen LogP contribution < -0.4 is 5.32 Å². The van der Waals surface area contributed by atoms with Gasteiger partial charge < -0.3 is 14.5 Å². The summed E-state index contributed by atoms with van der Waals surface area (Å²) in [6.07, 6.45) is 7.29. The van der Waals surface area contributed by atoms with Crippen LogP contribution in [0.2, 0.25) is 0 Å². The van der Waals surface area contributed by atoms with E-state index in [1.165, 1.54) is 31.2 Å². The molecule has 1 aromatic rings. The molecule has 1 N–H and O–H groups in total. The number of nitrogens with one attached hydrogen (secondary N) is 1. The molecule has 0 aliphatic heterocycles. The molecule has 1 heterocycles. The van der Waals surface area contributed by atoms with Crippen LogP contribution in [-0.4, -0.2) is 13.2 Å². The van der Waals surface area contributed by atoms with E-state index >= 15 is 0 Å². The van der Waals surface area contributed by atoms with Crippen molar-refractivity contribution in [2.24, 2.45) is 0 Å². The van der Waals surface area contributed by atoms with Crippen molar-refractivity contribution >= 4 is 0 Å². The van der Waals surface area contributed by atoms with E-state index in [0.717, 1.165) is 12.3 Å². The molecule has 0 unspecified atom stereocenters. The van der Waals surface area contributed by atoms with Crippen LogP contribution in [0.15, 0.2) is 16.7 Å². The molecule has 1 fully saturated rings. The maximum Gasteiger partial charge on any atom is 0.123 e. The summed E-state index contributed by atoms with van der Waals surface area (Å²) in [4.78, 5) is 0. The Bertz CT molecular complexity index is 290. The lowest BCUT2D eigenvalue weighted by molar-refractivity contribution is 0.0448. The second kappa shape index (κ2) is 5.33. The van der Waals surface area contributed by atoms with Gasteiger partial charge in [-0.2, -0.15) is 0 Å². The molecular formula is C12H19NO2. The quantitative estimate of drug-likeness (QED) is 0.809. The fourth-order valence-electron chi connectivity index (χ4n) is 2.07. The van der Waals surface area contributed by atoms with Gasteiger partial charge in [0, 0.05) is 5.56 Å². The van der Waals surface area contributed by atoms with E-state index < -0.39 is 0 Å². The van der Waals surface area contributed by atoms with Crippen LogP contribution in [0, 0.1) is 0 Å². The molecule has 0 atom stereocenters. The highest BCUT2D eigenvalue weighted by Gasteiger charge is 2.16. The van der Waals surface area contributed by atoms with E-state index in [1.54, 1.807) is 6.26 Å². The van der Waals surface area contributed by atoms with E-state index in [0.29, 0.717) is 12.7 Å². The third kappa shape index (κ3) is 2.83. The topological polar surface area (TPSA) is 34.4 Å². The van der Waals surface area contributed by atoms with Crippen molar-refractivity contribution in [2.75, 3.05) is 7.05 Å². The Kier molecular flexibility index (Phi) is 3.80. The molecule has 1 aliphatic carbocycles. The SMILES string of the molecule is CNCc1occc1COC1CCCC1. The Balaban J connectivity index is 1.83. The second-order valence-electron chi connectivity index (χ2n) is 4.12. The average molecular weight is 209 g/mol. The minimum atomic E-state index is 0.474. The lowest BCUT2D eigenvalue weighted by Gasteiger charge is -2.10. The van der Waals surface area contributed by atoms with Gasteiger partial charge in [0.1, 0.15) is 5.76 Å². The van der Waals surface area contributed by atoms with Crippen LogP contribution in [-0.2, 0) is 17.9 Å². The molecule has 0 radical (unpaired) electrons. The third-order valence-corrected chi connectivity index (χ3v) is 2.95. The third-order valence-electron chi connectivity index (χ3n) is 2.95. The molecule has 2 rings (SSSR count). The Hall–Kier alpha value is -0.800. The van der Waals surface area contributed by atoms with Crippen molar-refractivity contribution in [3.63, 3.8) is 0 Å². The molecule has 1 aromatic heterocycles. The molecule has 15 heavy (non-hydrogen) atoms. The lowest BCUT2D eigenvalue weighted by Crippen LogP contribution is -2.10. The van der Waals surface area contributed by atoms with Gasteiger partial charge in [-0.25, -0.2) is 0 Å². The van der Waals surface area contributed by atoms with Crippen molar-refractivity contribution in [1.82, 2.24) is 5.32 Å². The molecular weight excluding hydrogens is 190 g/mol. The van der Waals surface area contributed by atoms with Crippen LogP contribution in [0.4, 0.5) is 0 Å². The maximum absolute atomic E-state index is 5.85.